The first kappa shape index (κ1) is 24.2. The van der Waals surface area contributed by atoms with Gasteiger partial charge in [-0.2, -0.15) is 0 Å². The highest BCUT2D eigenvalue weighted by atomic mass is 19.1. The fourth-order valence-electron chi connectivity index (χ4n) is 5.43. The lowest BCUT2D eigenvalue weighted by molar-refractivity contribution is -0.144. The Labute approximate surface area is 192 Å². The molecule has 2 aliphatic carbocycles. The molecule has 3 nitrogen and oxygen atoms in total. The first-order chi connectivity index (χ1) is 15.5. The number of benzene rings is 1. The average molecular weight is 438 g/mol. The Kier molecular flexibility index (Phi) is 8.60. The van der Waals surface area contributed by atoms with Gasteiger partial charge in [0.25, 0.3) is 0 Å². The molecule has 3 fully saturated rings. The molecule has 2 saturated carbocycles. The number of hydrogen-bond donors (Lipinski definition) is 0. The van der Waals surface area contributed by atoms with Gasteiger partial charge in [0.05, 0.1) is 11.6 Å². The Hall–Kier alpha value is -2.49. The zero-order valence-corrected chi connectivity index (χ0v) is 19.6. The number of halogens is 1. The second-order valence-corrected chi connectivity index (χ2v) is 8.87. The molecule has 4 heteroatoms. The molecule has 1 aromatic carbocycles. The Morgan fingerprint density at radius 3 is 2.41 bits per heavy atom. The average Bonchev–Trinajstić information content (AvgIpc) is 3.12. The quantitative estimate of drug-likeness (QED) is 0.462. The van der Waals surface area contributed by atoms with Gasteiger partial charge in [-0.1, -0.05) is 64.3 Å². The standard InChI is InChI=1S/C13H10FN.C13H20O2.C2H6/c1-2-13-7-6-11(9-15-13)10-4-3-5-12(14)8-10;1-8-11-6-9-4-2-3-5-10(9)7-12(11)13(14)15-8;1-2/h2-9H,1H2;8-12H,2-7H2,1H3;1-2H3. The van der Waals surface area contributed by atoms with Gasteiger partial charge >= 0.3 is 5.97 Å². The van der Waals surface area contributed by atoms with Gasteiger partial charge in [0.1, 0.15) is 11.9 Å². The fraction of sp³-hybridized carbons (Fsp3) is 0.500. The summed E-state index contributed by atoms with van der Waals surface area (Å²) < 4.78 is 18.3. The Bertz CT molecular complexity index is 895. The van der Waals surface area contributed by atoms with Gasteiger partial charge in [-0.25, -0.2) is 4.39 Å². The number of carbonyl (C=O) groups excluding carboxylic acids is 1. The molecule has 5 atom stereocenters. The normalized spacial score (nSPS) is 28.0. The van der Waals surface area contributed by atoms with Gasteiger partial charge in [-0.05, 0) is 61.4 Å². The highest BCUT2D eigenvalue weighted by Gasteiger charge is 2.49. The van der Waals surface area contributed by atoms with Crippen molar-refractivity contribution in [2.24, 2.45) is 23.7 Å². The largest absolute Gasteiger partial charge is 0.462 e. The van der Waals surface area contributed by atoms with Gasteiger partial charge in [-0.3, -0.25) is 9.78 Å². The lowest BCUT2D eigenvalue weighted by Gasteiger charge is -2.40. The Balaban J connectivity index is 0.000000168. The molecule has 5 unspecified atom stereocenters. The van der Waals surface area contributed by atoms with Crippen molar-refractivity contribution in [2.75, 3.05) is 0 Å². The van der Waals surface area contributed by atoms with E-state index in [9.17, 15) is 9.18 Å². The number of nitrogens with zero attached hydrogens (tertiary/aromatic N) is 1. The summed E-state index contributed by atoms with van der Waals surface area (Å²) in [5.74, 6) is 2.38. The van der Waals surface area contributed by atoms with Crippen molar-refractivity contribution in [2.45, 2.75) is 65.4 Å². The second-order valence-electron chi connectivity index (χ2n) is 8.87. The lowest BCUT2D eigenvalue weighted by Crippen LogP contribution is -2.35. The van der Waals surface area contributed by atoms with Crippen LogP contribution in [-0.2, 0) is 9.53 Å². The molecule has 3 aliphatic rings. The maximum absolute atomic E-state index is 13.0. The van der Waals surface area contributed by atoms with E-state index in [0.29, 0.717) is 5.92 Å². The summed E-state index contributed by atoms with van der Waals surface area (Å²) in [7, 11) is 0. The molecule has 172 valence electrons. The number of cyclic esters (lactones) is 1. The van der Waals surface area contributed by atoms with E-state index in [4.69, 9.17) is 4.74 Å². The van der Waals surface area contributed by atoms with E-state index in [2.05, 4.69) is 18.5 Å². The van der Waals surface area contributed by atoms with Crippen LogP contribution >= 0.6 is 0 Å². The predicted octanol–water partition coefficient (Wildman–Crippen LogP) is 7.32. The Morgan fingerprint density at radius 1 is 1.06 bits per heavy atom. The minimum Gasteiger partial charge on any atom is -0.462 e. The van der Waals surface area contributed by atoms with Crippen molar-refractivity contribution in [3.63, 3.8) is 0 Å². The molecule has 1 saturated heterocycles. The van der Waals surface area contributed by atoms with E-state index in [1.54, 1.807) is 18.3 Å². The molecule has 32 heavy (non-hydrogen) atoms. The molecule has 1 aromatic heterocycles. The number of hydrogen-bond acceptors (Lipinski definition) is 3. The summed E-state index contributed by atoms with van der Waals surface area (Å²) >= 11 is 0. The number of pyridine rings is 1. The molecule has 0 radical (unpaired) electrons. The summed E-state index contributed by atoms with van der Waals surface area (Å²) in [5, 5.41) is 0. The minimum atomic E-state index is -0.236. The van der Waals surface area contributed by atoms with Crippen LogP contribution in [0.5, 0.6) is 0 Å². The smallest absolute Gasteiger partial charge is 0.309 e. The summed E-state index contributed by atoms with van der Waals surface area (Å²) in [5.41, 5.74) is 2.55. The lowest BCUT2D eigenvalue weighted by atomic mass is 9.63. The number of ether oxygens (including phenoxy) is 1. The first-order valence-corrected chi connectivity index (χ1v) is 12.1. The molecular weight excluding hydrogens is 401 g/mol. The number of fused-ring (bicyclic) bond motifs is 2. The molecule has 1 aliphatic heterocycles. The molecule has 0 N–H and O–H groups in total. The van der Waals surface area contributed by atoms with Crippen LogP contribution in [0.4, 0.5) is 4.39 Å². The van der Waals surface area contributed by atoms with Crippen molar-refractivity contribution in [3.8, 4) is 11.1 Å². The summed E-state index contributed by atoms with van der Waals surface area (Å²) in [6.45, 7) is 9.70. The molecule has 2 aromatic rings. The third-order valence-electron chi connectivity index (χ3n) is 7.08. The van der Waals surface area contributed by atoms with Gasteiger partial charge in [-0.15, -0.1) is 0 Å². The summed E-state index contributed by atoms with van der Waals surface area (Å²) in [6, 6.07) is 10.2. The van der Waals surface area contributed by atoms with E-state index in [1.165, 1.54) is 44.2 Å². The van der Waals surface area contributed by atoms with Crippen LogP contribution in [0.2, 0.25) is 0 Å². The van der Waals surface area contributed by atoms with Crippen LogP contribution in [-0.4, -0.2) is 17.1 Å². The van der Waals surface area contributed by atoms with Crippen LogP contribution in [0.1, 0.15) is 65.0 Å². The first-order valence-electron chi connectivity index (χ1n) is 12.1. The van der Waals surface area contributed by atoms with Crippen LogP contribution in [0.3, 0.4) is 0 Å². The van der Waals surface area contributed by atoms with Crippen molar-refractivity contribution < 1.29 is 13.9 Å². The van der Waals surface area contributed by atoms with Crippen LogP contribution in [0, 0.1) is 29.5 Å². The number of esters is 1. The van der Waals surface area contributed by atoms with E-state index in [0.717, 1.165) is 35.1 Å². The summed E-state index contributed by atoms with van der Waals surface area (Å²) in [6.07, 6.45) is 11.5. The van der Waals surface area contributed by atoms with E-state index in [1.807, 2.05) is 32.0 Å². The highest BCUT2D eigenvalue weighted by Crippen LogP contribution is 2.49. The summed E-state index contributed by atoms with van der Waals surface area (Å²) in [4.78, 5) is 15.8. The molecular formula is C28H36FNO2. The topological polar surface area (TPSA) is 39.2 Å². The van der Waals surface area contributed by atoms with Gasteiger partial charge in [0.2, 0.25) is 0 Å². The third-order valence-corrected chi connectivity index (χ3v) is 7.08. The van der Waals surface area contributed by atoms with Crippen molar-refractivity contribution in [1.82, 2.24) is 4.98 Å². The molecule has 0 bridgehead atoms. The van der Waals surface area contributed by atoms with Crippen molar-refractivity contribution in [1.29, 1.82) is 0 Å². The highest BCUT2D eigenvalue weighted by molar-refractivity contribution is 5.75. The maximum atomic E-state index is 13.0. The fourth-order valence-corrected chi connectivity index (χ4v) is 5.43. The van der Waals surface area contributed by atoms with E-state index >= 15 is 0 Å². The maximum Gasteiger partial charge on any atom is 0.309 e. The number of aromatic nitrogens is 1. The number of carbonyl (C=O) groups is 1. The van der Waals surface area contributed by atoms with Gasteiger partial charge < -0.3 is 4.74 Å². The number of rotatable bonds is 2. The molecule has 2 heterocycles. The van der Waals surface area contributed by atoms with E-state index in [-0.39, 0.29) is 23.8 Å². The van der Waals surface area contributed by atoms with Crippen LogP contribution in [0.15, 0.2) is 49.2 Å². The second kappa shape index (κ2) is 11.4. The van der Waals surface area contributed by atoms with Crippen LogP contribution < -0.4 is 0 Å². The zero-order chi connectivity index (χ0) is 23.1. The van der Waals surface area contributed by atoms with Crippen LogP contribution in [0.25, 0.3) is 17.2 Å². The SMILES string of the molecule is C=Cc1ccc(-c2cccc(F)c2)cn1.CC.CC1OC(=O)C2CC3CCCCC3CC12. The van der Waals surface area contributed by atoms with Crippen molar-refractivity contribution in [3.05, 3.63) is 60.7 Å². The molecule has 5 rings (SSSR count). The molecule has 0 spiro atoms. The van der Waals surface area contributed by atoms with Crippen molar-refractivity contribution >= 4 is 12.0 Å². The minimum absolute atomic E-state index is 0.0940. The third kappa shape index (κ3) is 5.65. The zero-order valence-electron chi connectivity index (χ0n) is 19.6. The monoisotopic (exact) mass is 437 g/mol. The molecule has 0 amide bonds. The predicted molar refractivity (Wildman–Crippen MR) is 128 cm³/mol. The Morgan fingerprint density at radius 2 is 1.78 bits per heavy atom. The van der Waals surface area contributed by atoms with Gasteiger partial charge in [0.15, 0.2) is 0 Å². The van der Waals surface area contributed by atoms with Gasteiger partial charge in [0, 0.05) is 17.7 Å². The van der Waals surface area contributed by atoms with E-state index < -0.39 is 0 Å².